The minimum absolute atomic E-state index is 0.0434. The fourth-order valence-electron chi connectivity index (χ4n) is 8.07. The fourth-order valence-corrected chi connectivity index (χ4v) is 17.3. The first-order valence-corrected chi connectivity index (χ1v) is 35.2. The Kier molecular flexibility index (Phi) is 23.1. The number of carbonyl (C=O) groups is 1. The highest BCUT2D eigenvalue weighted by Gasteiger charge is 2.49. The Hall–Kier alpha value is -1.30. The molecule has 0 saturated carbocycles. The zero-order valence-electron chi connectivity index (χ0n) is 46.3. The summed E-state index contributed by atoms with van der Waals surface area (Å²) >= 11 is 0. The first kappa shape index (κ1) is 60.7. The molecule has 13 heteroatoms. The van der Waals surface area contributed by atoms with Crippen molar-refractivity contribution in [1.29, 1.82) is 0 Å². The zero-order valence-corrected chi connectivity index (χ0v) is 50.3. The summed E-state index contributed by atoms with van der Waals surface area (Å²) in [7, 11) is -3.56. The molecule has 0 aliphatic carbocycles. The molecule has 1 amide bonds. The number of hydrogen-bond donors (Lipinski definition) is 1. The Morgan fingerprint density at radius 2 is 1.20 bits per heavy atom. The van der Waals surface area contributed by atoms with E-state index in [0.29, 0.717) is 53.4 Å². The van der Waals surface area contributed by atoms with Crippen molar-refractivity contribution in [2.75, 3.05) is 39.9 Å². The first-order chi connectivity index (χ1) is 29.0. The van der Waals surface area contributed by atoms with Crippen LogP contribution in [0, 0.1) is 5.92 Å². The van der Waals surface area contributed by atoms with E-state index in [0.717, 1.165) is 18.4 Å². The van der Waals surface area contributed by atoms with Crippen LogP contribution in [0.4, 0.5) is 5.69 Å². The Labute approximate surface area is 399 Å². The van der Waals surface area contributed by atoms with Crippen molar-refractivity contribution >= 4 is 44.9 Å². The van der Waals surface area contributed by atoms with Gasteiger partial charge in [0, 0.05) is 31.3 Å². The number of amides is 1. The Bertz CT molecular complexity index is 1600. The summed E-state index contributed by atoms with van der Waals surface area (Å²) in [6.07, 6.45) is 4.18. The molecule has 1 N–H and O–H groups in total. The van der Waals surface area contributed by atoms with E-state index in [9.17, 15) is 4.79 Å². The SMILES string of the molecule is COc1cc(CC/C=C(/C)[C@H](O[Si](C(C)C)(C(C)C)C(C)C)[C@@H](C)[C@H](CCO[Si](C)(C)C(C)(C)C)O[Si](C)(C)C(C)(C)C)c(OC)c(NC(=O)C[C@H](CO[Si](C)(C)C(C)(C)C)OC)c1. The highest BCUT2D eigenvalue weighted by atomic mass is 28.4. The predicted octanol–water partition coefficient (Wildman–Crippen LogP) is 14.9. The lowest BCUT2D eigenvalue weighted by Gasteiger charge is -2.48. The number of allylic oxidation sites excluding steroid dienone is 1. The number of rotatable bonds is 26. The standard InChI is InChI=1S/C51H101NO8Si4/c1-36(2)64(37(3)4,38(5)6)60-47(40(8)45(59-63(25,26)51(15,16)17)30-31-57-61(21,22)49(9,10)11)39(7)28-27-29-41-32-42(54-18)33-44(48(41)56-20)52-46(53)34-43(55-19)35-58-62(23,24)50(12,13)14/h28,32-33,36-38,40,43,45,47H,27,29-31,34-35H2,1-26H3,(H,52,53)/b39-28-/t40-,43+,45-,47-/m0/s1. The highest BCUT2D eigenvalue weighted by Crippen LogP contribution is 2.47. The van der Waals surface area contributed by atoms with Crippen LogP contribution in [0.5, 0.6) is 11.5 Å². The van der Waals surface area contributed by atoms with Crippen molar-refractivity contribution in [3.8, 4) is 11.5 Å². The molecule has 0 fully saturated rings. The van der Waals surface area contributed by atoms with Crippen molar-refractivity contribution in [2.45, 2.75) is 233 Å². The van der Waals surface area contributed by atoms with Gasteiger partial charge in [-0.15, -0.1) is 0 Å². The van der Waals surface area contributed by atoms with E-state index in [1.165, 1.54) is 5.57 Å². The van der Waals surface area contributed by atoms with Crippen LogP contribution in [0.3, 0.4) is 0 Å². The number of anilines is 1. The van der Waals surface area contributed by atoms with Crippen LogP contribution in [0.15, 0.2) is 23.8 Å². The molecule has 1 aromatic carbocycles. The van der Waals surface area contributed by atoms with Crippen LogP contribution in [0.2, 0.25) is 71.0 Å². The van der Waals surface area contributed by atoms with Gasteiger partial charge in [0.1, 0.15) is 11.5 Å². The van der Waals surface area contributed by atoms with Crippen molar-refractivity contribution < 1.29 is 36.7 Å². The maximum Gasteiger partial charge on any atom is 0.227 e. The minimum Gasteiger partial charge on any atom is -0.497 e. The maximum atomic E-state index is 13.6. The van der Waals surface area contributed by atoms with E-state index in [1.807, 2.05) is 12.1 Å². The lowest BCUT2D eigenvalue weighted by Crippen LogP contribution is -2.54. The molecule has 374 valence electrons. The van der Waals surface area contributed by atoms with Gasteiger partial charge in [-0.1, -0.05) is 117 Å². The number of aryl methyl sites for hydroxylation is 1. The molecule has 4 atom stereocenters. The van der Waals surface area contributed by atoms with Gasteiger partial charge in [-0.3, -0.25) is 4.79 Å². The van der Waals surface area contributed by atoms with Gasteiger partial charge < -0.3 is 37.2 Å². The summed E-state index contributed by atoms with van der Waals surface area (Å²) in [6.45, 7) is 54.2. The largest absolute Gasteiger partial charge is 0.497 e. The van der Waals surface area contributed by atoms with Gasteiger partial charge in [-0.2, -0.15) is 0 Å². The predicted molar refractivity (Wildman–Crippen MR) is 284 cm³/mol. The number of carbonyl (C=O) groups excluding carboxylic acids is 1. The van der Waals surface area contributed by atoms with Gasteiger partial charge >= 0.3 is 0 Å². The van der Waals surface area contributed by atoms with Gasteiger partial charge in [-0.05, 0) is 109 Å². The van der Waals surface area contributed by atoms with E-state index >= 15 is 0 Å². The average Bonchev–Trinajstić information content (AvgIpc) is 3.14. The molecule has 1 aromatic rings. The monoisotopic (exact) mass is 968 g/mol. The zero-order chi connectivity index (χ0) is 50.0. The first-order valence-electron chi connectivity index (χ1n) is 24.3. The van der Waals surface area contributed by atoms with Gasteiger partial charge in [0.2, 0.25) is 14.2 Å². The van der Waals surface area contributed by atoms with E-state index in [2.05, 4.69) is 168 Å². The van der Waals surface area contributed by atoms with Crippen LogP contribution in [-0.2, 0) is 33.7 Å². The molecule has 64 heavy (non-hydrogen) atoms. The van der Waals surface area contributed by atoms with E-state index in [4.69, 9.17) is 31.9 Å². The van der Waals surface area contributed by atoms with Gasteiger partial charge in [-0.25, -0.2) is 0 Å². The molecule has 0 bridgehead atoms. The molecule has 0 unspecified atom stereocenters. The molecule has 1 rings (SSSR count). The Morgan fingerprint density at radius 1 is 0.703 bits per heavy atom. The van der Waals surface area contributed by atoms with Crippen molar-refractivity contribution in [2.24, 2.45) is 5.92 Å². The Morgan fingerprint density at radius 3 is 1.64 bits per heavy atom. The molecule has 0 aromatic heterocycles. The molecular weight excluding hydrogens is 867 g/mol. The summed E-state index contributed by atoms with van der Waals surface area (Å²) in [5, 5.41) is 3.35. The third kappa shape index (κ3) is 16.4. The molecule has 0 spiro atoms. The molecule has 9 nitrogen and oxygen atoms in total. The second-order valence-corrected chi connectivity index (χ2v) is 43.8. The van der Waals surface area contributed by atoms with Crippen molar-refractivity contribution in [3.63, 3.8) is 0 Å². The normalized spacial score (nSPS) is 16.0. The molecule has 0 aliphatic heterocycles. The van der Waals surface area contributed by atoms with Gasteiger partial charge in [0.05, 0.1) is 51.2 Å². The van der Waals surface area contributed by atoms with Crippen LogP contribution in [-0.4, -0.2) is 92.0 Å². The number of nitrogens with one attached hydrogen (secondary N) is 1. The lowest BCUT2D eigenvalue weighted by atomic mass is 9.91. The van der Waals surface area contributed by atoms with Crippen molar-refractivity contribution in [3.05, 3.63) is 29.3 Å². The number of methoxy groups -OCH3 is 3. The molecule has 0 radical (unpaired) electrons. The van der Waals surface area contributed by atoms with Crippen molar-refractivity contribution in [1.82, 2.24) is 0 Å². The third-order valence-corrected chi connectivity index (χ3v) is 35.0. The van der Waals surface area contributed by atoms with E-state index in [1.54, 1.807) is 21.3 Å². The Balaban J connectivity index is 3.74. The van der Waals surface area contributed by atoms with Crippen LogP contribution in [0.1, 0.15) is 143 Å². The van der Waals surface area contributed by atoms with Gasteiger partial charge in [0.15, 0.2) is 25.0 Å². The fraction of sp³-hybridized carbons (Fsp3) is 0.824. The quantitative estimate of drug-likeness (QED) is 0.0725. The number of hydrogen-bond acceptors (Lipinski definition) is 8. The topological polar surface area (TPSA) is 93.7 Å². The highest BCUT2D eigenvalue weighted by molar-refractivity contribution is 6.78. The van der Waals surface area contributed by atoms with E-state index in [-0.39, 0.29) is 51.7 Å². The maximum absolute atomic E-state index is 13.6. The summed E-state index contributed by atoms with van der Waals surface area (Å²) < 4.78 is 46.1. The number of ether oxygens (including phenoxy) is 3. The van der Waals surface area contributed by atoms with Crippen LogP contribution < -0.4 is 14.8 Å². The third-order valence-electron chi connectivity index (χ3n) is 15.4. The van der Waals surface area contributed by atoms with Crippen LogP contribution in [0.25, 0.3) is 0 Å². The second-order valence-electron chi connectivity index (χ2n) is 24.1. The summed E-state index contributed by atoms with van der Waals surface area (Å²) in [5.74, 6) is 1.18. The molecular formula is C51H101NO8Si4. The summed E-state index contributed by atoms with van der Waals surface area (Å²) in [6, 6.07) is 3.84. The van der Waals surface area contributed by atoms with E-state index < -0.39 is 33.3 Å². The van der Waals surface area contributed by atoms with Crippen LogP contribution >= 0.6 is 0 Å². The number of benzene rings is 1. The second kappa shape index (κ2) is 24.3. The lowest BCUT2D eigenvalue weighted by molar-refractivity contribution is -0.119. The average molecular weight is 969 g/mol. The molecule has 0 saturated heterocycles. The smallest absolute Gasteiger partial charge is 0.227 e. The summed E-state index contributed by atoms with van der Waals surface area (Å²) in [5.41, 5.74) is 4.03. The summed E-state index contributed by atoms with van der Waals surface area (Å²) in [4.78, 5) is 13.6. The molecule has 0 aliphatic rings. The van der Waals surface area contributed by atoms with Gasteiger partial charge in [0.25, 0.3) is 0 Å². The minimum atomic E-state index is -2.34. The molecule has 0 heterocycles.